The molecule has 0 aromatic carbocycles. The van der Waals surface area contributed by atoms with Crippen LogP contribution in [0.3, 0.4) is 0 Å². The molecule has 0 heterocycles. The minimum Gasteiger partial charge on any atom is -0.466 e. The molecule has 0 radical (unpaired) electrons. The molecule has 0 fully saturated rings. The third kappa shape index (κ3) is 1.65. The molecule has 0 amide bonds. The van der Waals surface area contributed by atoms with Gasteiger partial charge in [0.2, 0.25) is 0 Å². The number of allylic oxidation sites excluding steroid dienone is 2. The summed E-state index contributed by atoms with van der Waals surface area (Å²) in [5.41, 5.74) is -0.851. The lowest BCUT2D eigenvalue weighted by Gasteiger charge is -2.59. The summed E-state index contributed by atoms with van der Waals surface area (Å²) in [6, 6.07) is 0. The van der Waals surface area contributed by atoms with Gasteiger partial charge in [0.05, 0.1) is 30.8 Å². The highest BCUT2D eigenvalue weighted by atomic mass is 16.5. The van der Waals surface area contributed by atoms with Gasteiger partial charge < -0.3 is 9.47 Å². The number of hydrogen-bond donors (Lipinski definition) is 0. The fourth-order valence-electron chi connectivity index (χ4n) is 4.36. The molecule has 2 atom stereocenters. The zero-order chi connectivity index (χ0) is 18.0. The zero-order valence-corrected chi connectivity index (χ0v) is 15.0. The quantitative estimate of drug-likeness (QED) is 0.578. The molecule has 5 nitrogen and oxygen atoms in total. The average molecular weight is 320 g/mol. The van der Waals surface area contributed by atoms with Crippen molar-refractivity contribution in [3.63, 3.8) is 0 Å². The van der Waals surface area contributed by atoms with Gasteiger partial charge in [-0.3, -0.25) is 4.79 Å². The Balaban J connectivity index is 3.05. The van der Waals surface area contributed by atoms with Gasteiger partial charge in [0.1, 0.15) is 0 Å². The highest BCUT2D eigenvalue weighted by Crippen LogP contribution is 2.67. The zero-order valence-electron chi connectivity index (χ0n) is 15.0. The van der Waals surface area contributed by atoms with E-state index in [1.165, 1.54) is 14.2 Å². The van der Waals surface area contributed by atoms with Crippen molar-refractivity contribution in [2.24, 2.45) is 16.2 Å². The number of fused-ring (bicyclic) bond motifs is 1. The number of hydrogen-bond acceptors (Lipinski definition) is 5. The van der Waals surface area contributed by atoms with Gasteiger partial charge in [0.25, 0.3) is 0 Å². The molecule has 0 saturated carbocycles. The molecule has 3 aliphatic carbocycles. The summed E-state index contributed by atoms with van der Waals surface area (Å²) in [7, 11) is 2.53. The standard InChI is InChI=1S/C18H24O5/c1-9-10(2)18(6)12(14(20)23-8)11(13(19)22-7)17(9,5)15(21)16(18,3)4/h1-8H3/t17-,18+/m0/s1. The first-order valence-corrected chi connectivity index (χ1v) is 7.59. The Morgan fingerprint density at radius 2 is 1.26 bits per heavy atom. The van der Waals surface area contributed by atoms with E-state index in [0.29, 0.717) is 0 Å². The molecule has 0 unspecified atom stereocenters. The number of ether oxygens (including phenoxy) is 2. The van der Waals surface area contributed by atoms with Crippen molar-refractivity contribution in [3.05, 3.63) is 22.3 Å². The van der Waals surface area contributed by atoms with Gasteiger partial charge in [-0.15, -0.1) is 0 Å². The molecule has 0 aromatic rings. The molecule has 0 aliphatic heterocycles. The maximum atomic E-state index is 13.3. The average Bonchev–Trinajstić information content (AvgIpc) is 2.52. The lowest BCUT2D eigenvalue weighted by atomic mass is 9.41. The maximum absolute atomic E-state index is 13.3. The number of ketones is 1. The van der Waals surface area contributed by atoms with Crippen molar-refractivity contribution >= 4 is 17.7 Å². The van der Waals surface area contributed by atoms with Crippen molar-refractivity contribution in [2.75, 3.05) is 14.2 Å². The first kappa shape index (κ1) is 17.4. The Labute approximate surface area is 136 Å². The van der Waals surface area contributed by atoms with E-state index in [1.54, 1.807) is 6.92 Å². The molecule has 2 bridgehead atoms. The second-order valence-electron chi connectivity index (χ2n) is 7.19. The van der Waals surface area contributed by atoms with Crippen LogP contribution in [0, 0.1) is 16.2 Å². The summed E-state index contributed by atoms with van der Waals surface area (Å²) in [4.78, 5) is 38.3. The van der Waals surface area contributed by atoms with E-state index in [0.717, 1.165) is 11.1 Å². The highest BCUT2D eigenvalue weighted by Gasteiger charge is 2.68. The Morgan fingerprint density at radius 1 is 0.826 bits per heavy atom. The van der Waals surface area contributed by atoms with Crippen molar-refractivity contribution < 1.29 is 23.9 Å². The maximum Gasteiger partial charge on any atom is 0.335 e. The topological polar surface area (TPSA) is 69.7 Å². The predicted octanol–water partition coefficient (Wildman–Crippen LogP) is 2.60. The number of methoxy groups -OCH3 is 2. The largest absolute Gasteiger partial charge is 0.466 e. The predicted molar refractivity (Wildman–Crippen MR) is 84.4 cm³/mol. The monoisotopic (exact) mass is 320 g/mol. The molecule has 5 heteroatoms. The van der Waals surface area contributed by atoms with E-state index >= 15 is 0 Å². The van der Waals surface area contributed by atoms with Crippen LogP contribution in [-0.2, 0) is 23.9 Å². The molecule has 0 spiro atoms. The second kappa shape index (κ2) is 4.79. The summed E-state index contributed by atoms with van der Waals surface area (Å²) in [6.45, 7) is 10.9. The van der Waals surface area contributed by atoms with Crippen LogP contribution in [0.15, 0.2) is 22.3 Å². The molecule has 3 rings (SSSR count). The van der Waals surface area contributed by atoms with Gasteiger partial charge in [-0.25, -0.2) is 9.59 Å². The van der Waals surface area contributed by atoms with Gasteiger partial charge in [0, 0.05) is 10.8 Å². The molecule has 23 heavy (non-hydrogen) atoms. The Kier molecular flexibility index (Phi) is 3.63. The van der Waals surface area contributed by atoms with Crippen molar-refractivity contribution in [1.82, 2.24) is 0 Å². The minimum absolute atomic E-state index is 0.0800. The van der Waals surface area contributed by atoms with Crippen LogP contribution < -0.4 is 0 Å². The van der Waals surface area contributed by atoms with Gasteiger partial charge >= 0.3 is 11.9 Å². The lowest BCUT2D eigenvalue weighted by Crippen LogP contribution is -2.62. The normalized spacial score (nSPS) is 32.3. The van der Waals surface area contributed by atoms with E-state index < -0.39 is 28.2 Å². The fraction of sp³-hybridized carbons (Fsp3) is 0.611. The summed E-state index contributed by atoms with van der Waals surface area (Å²) in [5, 5.41) is 0. The number of esters is 2. The first-order valence-electron chi connectivity index (χ1n) is 7.59. The van der Waals surface area contributed by atoms with Crippen LogP contribution in [-0.4, -0.2) is 31.9 Å². The van der Waals surface area contributed by atoms with Crippen LogP contribution in [0.1, 0.15) is 41.5 Å². The van der Waals surface area contributed by atoms with Gasteiger partial charge in [-0.05, 0) is 20.8 Å². The van der Waals surface area contributed by atoms with E-state index in [4.69, 9.17) is 9.47 Å². The minimum atomic E-state index is -1.18. The smallest absolute Gasteiger partial charge is 0.335 e. The number of carbonyl (C=O) groups excluding carboxylic acids is 3. The summed E-state index contributed by atoms with van der Waals surface area (Å²) in [5.74, 6) is -1.33. The highest BCUT2D eigenvalue weighted by molar-refractivity contribution is 6.15. The molecule has 0 N–H and O–H groups in total. The third-order valence-electron chi connectivity index (χ3n) is 6.36. The van der Waals surface area contributed by atoms with Gasteiger partial charge in [-0.1, -0.05) is 31.9 Å². The van der Waals surface area contributed by atoms with Crippen LogP contribution in [0.25, 0.3) is 0 Å². The van der Waals surface area contributed by atoms with Crippen molar-refractivity contribution in [1.29, 1.82) is 0 Å². The summed E-state index contributed by atoms with van der Waals surface area (Å²) < 4.78 is 9.85. The fourth-order valence-corrected chi connectivity index (χ4v) is 4.36. The van der Waals surface area contributed by atoms with E-state index in [-0.39, 0.29) is 16.9 Å². The molecular formula is C18H24O5. The van der Waals surface area contributed by atoms with Crippen LogP contribution in [0.4, 0.5) is 0 Å². The van der Waals surface area contributed by atoms with E-state index in [1.807, 2.05) is 34.6 Å². The summed E-state index contributed by atoms with van der Waals surface area (Å²) >= 11 is 0. The van der Waals surface area contributed by atoms with E-state index in [2.05, 4.69) is 0 Å². The van der Waals surface area contributed by atoms with Gasteiger partial charge in [-0.2, -0.15) is 0 Å². The van der Waals surface area contributed by atoms with Gasteiger partial charge in [0.15, 0.2) is 5.78 Å². The molecule has 0 aromatic heterocycles. The molecule has 126 valence electrons. The number of Topliss-reactive ketones (excluding diaryl/α,β-unsaturated/α-hetero) is 1. The lowest BCUT2D eigenvalue weighted by molar-refractivity contribution is -0.151. The van der Waals surface area contributed by atoms with Crippen molar-refractivity contribution in [3.8, 4) is 0 Å². The van der Waals surface area contributed by atoms with Crippen molar-refractivity contribution in [2.45, 2.75) is 41.5 Å². The SMILES string of the molecule is COC(=O)C1=C(C(=O)OC)[C@@]2(C)C(C)=C(C)[C@]1(C)C(=O)C2(C)C. The Bertz CT molecular complexity index is 694. The Morgan fingerprint density at radius 3 is 1.70 bits per heavy atom. The van der Waals surface area contributed by atoms with Crippen LogP contribution >= 0.6 is 0 Å². The number of rotatable bonds is 2. The summed E-state index contributed by atoms with van der Waals surface area (Å²) in [6.07, 6.45) is 0. The molecular weight excluding hydrogens is 296 g/mol. The van der Waals surface area contributed by atoms with Crippen LogP contribution in [0.5, 0.6) is 0 Å². The van der Waals surface area contributed by atoms with Crippen LogP contribution in [0.2, 0.25) is 0 Å². The number of carbonyl (C=O) groups is 3. The molecule has 3 aliphatic rings. The first-order chi connectivity index (χ1) is 10.4. The third-order valence-corrected chi connectivity index (χ3v) is 6.36. The Hall–Kier alpha value is -1.91. The molecule has 0 saturated heterocycles. The van der Waals surface area contributed by atoms with E-state index in [9.17, 15) is 14.4 Å². The second-order valence-corrected chi connectivity index (χ2v) is 7.19.